The average Bonchev–Trinajstić information content (AvgIpc) is 4.06. The summed E-state index contributed by atoms with van der Waals surface area (Å²) in [7, 11) is 2.00. The number of carbonyl (C=O) groups excluding carboxylic acids is 4. The highest BCUT2D eigenvalue weighted by Gasteiger charge is 2.56. The molecule has 4 aliphatic rings. The summed E-state index contributed by atoms with van der Waals surface area (Å²) in [6, 6.07) is 10.7. The van der Waals surface area contributed by atoms with Gasteiger partial charge in [-0.2, -0.15) is 18.3 Å². The van der Waals surface area contributed by atoms with E-state index in [1.165, 1.54) is 0 Å². The van der Waals surface area contributed by atoms with Gasteiger partial charge in [0, 0.05) is 72.9 Å². The molecule has 4 aromatic rings. The number of hydrazine groups is 1. The molecule has 5 heterocycles. The minimum absolute atomic E-state index is 0.133. The number of aromatic nitrogens is 3. The molecule has 4 amide bonds. The second-order valence-electron chi connectivity index (χ2n) is 22.1. The van der Waals surface area contributed by atoms with E-state index in [0.717, 1.165) is 89.2 Å². The largest absolute Gasteiger partial charge is 0.453 e. The number of hydrogen-bond acceptors (Lipinski definition) is 13. The van der Waals surface area contributed by atoms with Gasteiger partial charge < -0.3 is 40.2 Å². The smallest absolute Gasteiger partial charge is 0.407 e. The van der Waals surface area contributed by atoms with Crippen LogP contribution in [-0.2, 0) is 36.8 Å². The molecule has 18 nitrogen and oxygen atoms in total. The lowest BCUT2D eigenvalue weighted by Gasteiger charge is -2.47. The number of amides is 4. The molecule has 23 heteroatoms. The van der Waals surface area contributed by atoms with E-state index in [1.54, 1.807) is 68.2 Å². The Morgan fingerprint density at radius 3 is 1.92 bits per heavy atom. The molecule has 8 rings (SSSR count). The molecule has 420 valence electrons. The average molecular weight is 1090 g/mol. The van der Waals surface area contributed by atoms with E-state index in [9.17, 15) is 37.5 Å². The summed E-state index contributed by atoms with van der Waals surface area (Å²) in [6.45, 7) is 8.19. The molecule has 5 N–H and O–H groups in total. The van der Waals surface area contributed by atoms with Crippen LogP contribution in [0.25, 0.3) is 11.3 Å². The standard InChI is InChI=1S/C55H67F5N10O8/c1-53(2,3)47(63-51(74)76-6)50(73)66-68(28-40-41(56)23-35(24-42(40)57)43-20-21-69(65-43)36-15-16-36)29-45(71)44(62-49(72)48(64-52(75)77-7)54(4,5)55(58,59)60)22-33-11-8-32(9-12-33)10-13-34-14-19-46(61-25-34)67-26-37-17-18-38(27-67)70(37)39-30-78-31-39/h8-9,11-12,14,19-21,23-25,36-39,44-45,47-48,71H,15-18,22,26-31H2,1-7H3,(H,62,72)(H,63,74)(H,64,75)(H,66,73)/t37?,38?,44-,45-,47+,48+/m0/s1. The minimum atomic E-state index is -5.05. The second kappa shape index (κ2) is 23.6. The number of piperazine rings is 1. The van der Waals surface area contributed by atoms with Crippen molar-refractivity contribution < 1.29 is 60.4 Å². The Kier molecular flexibility index (Phi) is 17.4. The molecular formula is C55H67F5N10O8. The Hall–Kier alpha value is -6.87. The maximum atomic E-state index is 16.2. The van der Waals surface area contributed by atoms with Gasteiger partial charge >= 0.3 is 18.4 Å². The van der Waals surface area contributed by atoms with Gasteiger partial charge in [-0.3, -0.25) is 24.6 Å². The number of anilines is 1. The van der Waals surface area contributed by atoms with E-state index >= 15 is 8.78 Å². The molecule has 0 spiro atoms. The van der Waals surface area contributed by atoms with Crippen LogP contribution in [0.1, 0.15) is 88.6 Å². The Labute approximate surface area is 449 Å². The molecule has 78 heavy (non-hydrogen) atoms. The van der Waals surface area contributed by atoms with Gasteiger partial charge in [0.15, 0.2) is 0 Å². The number of alkyl halides is 3. The highest BCUT2D eigenvalue weighted by molar-refractivity contribution is 5.87. The number of hydrogen-bond donors (Lipinski definition) is 5. The van der Waals surface area contributed by atoms with Crippen molar-refractivity contribution in [2.75, 3.05) is 52.0 Å². The first-order valence-electron chi connectivity index (χ1n) is 25.9. The number of carbonyl (C=O) groups is 4. The van der Waals surface area contributed by atoms with Gasteiger partial charge in [0.05, 0.1) is 62.8 Å². The highest BCUT2D eigenvalue weighted by atomic mass is 19.4. The van der Waals surface area contributed by atoms with E-state index in [-0.39, 0.29) is 18.0 Å². The van der Waals surface area contributed by atoms with Crippen molar-refractivity contribution in [3.05, 3.63) is 101 Å². The molecule has 4 fully saturated rings. The molecule has 1 saturated carbocycles. The summed E-state index contributed by atoms with van der Waals surface area (Å²) in [5.41, 5.74) is 0.237. The first kappa shape index (κ1) is 57.3. The normalized spacial score (nSPS) is 19.4. The van der Waals surface area contributed by atoms with Crippen LogP contribution in [0, 0.1) is 34.3 Å². The van der Waals surface area contributed by atoms with Crippen molar-refractivity contribution >= 4 is 29.8 Å². The zero-order chi connectivity index (χ0) is 56.3. The molecular weight excluding hydrogens is 1020 g/mol. The summed E-state index contributed by atoms with van der Waals surface area (Å²) in [5, 5.41) is 24.5. The fourth-order valence-corrected chi connectivity index (χ4v) is 10.0. The molecule has 2 aromatic carbocycles. The number of nitrogens with one attached hydrogen (secondary N) is 4. The third-order valence-electron chi connectivity index (χ3n) is 14.9. The number of methoxy groups -OCH3 is 2. The number of benzene rings is 2. The van der Waals surface area contributed by atoms with E-state index < -0.39 is 95.5 Å². The topological polar surface area (TPSA) is 205 Å². The molecule has 3 aliphatic heterocycles. The number of fused-ring (bicyclic) bond motifs is 2. The van der Waals surface area contributed by atoms with Crippen LogP contribution in [0.5, 0.6) is 0 Å². The highest BCUT2D eigenvalue weighted by Crippen LogP contribution is 2.41. The Balaban J connectivity index is 1.05. The number of aliphatic hydroxyl groups excluding tert-OH is 1. The summed E-state index contributed by atoms with van der Waals surface area (Å²) >= 11 is 0. The molecule has 6 atom stereocenters. The van der Waals surface area contributed by atoms with E-state index in [2.05, 4.69) is 47.5 Å². The van der Waals surface area contributed by atoms with Crippen molar-refractivity contribution in [3.63, 3.8) is 0 Å². The van der Waals surface area contributed by atoms with E-state index in [1.807, 2.05) is 17.4 Å². The van der Waals surface area contributed by atoms with Crippen molar-refractivity contribution in [2.45, 2.75) is 128 Å². The monoisotopic (exact) mass is 1090 g/mol. The number of alkyl carbamates (subject to hydrolysis) is 2. The van der Waals surface area contributed by atoms with E-state index in [4.69, 9.17) is 14.5 Å². The van der Waals surface area contributed by atoms with Crippen LogP contribution in [0.2, 0.25) is 0 Å². The Morgan fingerprint density at radius 1 is 0.795 bits per heavy atom. The Bertz CT molecular complexity index is 2820. The maximum absolute atomic E-state index is 16.2. The van der Waals surface area contributed by atoms with Gasteiger partial charge in [0.25, 0.3) is 5.91 Å². The fraction of sp³-hybridized carbons (Fsp3) is 0.527. The lowest BCUT2D eigenvalue weighted by Crippen LogP contribution is -2.63. The number of nitrogens with zero attached hydrogens (tertiary/aromatic N) is 6. The number of pyridine rings is 1. The summed E-state index contributed by atoms with van der Waals surface area (Å²) in [5.74, 6) is 2.76. The molecule has 3 saturated heterocycles. The zero-order valence-corrected chi connectivity index (χ0v) is 44.6. The number of halogens is 5. The SMILES string of the molecule is COC(=O)N[C@H](C(=O)NN(Cc1c(F)cc(-c2ccn(C3CC3)n2)cc1F)C[C@H](O)[C@H](Cc1ccc(C#Cc2ccc(N3CC4CCC(C3)N4C3COC3)nc2)cc1)NC(=O)[C@@H](NC(=O)OC)C(C)(C)C(F)(F)F)C(C)(C)C. The van der Waals surface area contributed by atoms with Gasteiger partial charge in [-0.05, 0) is 99.4 Å². The molecule has 2 bridgehead atoms. The first-order valence-corrected chi connectivity index (χ1v) is 25.9. The van der Waals surface area contributed by atoms with Gasteiger partial charge in [0.1, 0.15) is 29.5 Å². The summed E-state index contributed by atoms with van der Waals surface area (Å²) < 4.78 is 92.7. The number of aliphatic hydroxyl groups is 1. The second-order valence-corrected chi connectivity index (χ2v) is 22.1. The zero-order valence-electron chi connectivity index (χ0n) is 44.6. The summed E-state index contributed by atoms with van der Waals surface area (Å²) in [4.78, 5) is 62.9. The van der Waals surface area contributed by atoms with Crippen molar-refractivity contribution in [1.29, 1.82) is 0 Å². The summed E-state index contributed by atoms with van der Waals surface area (Å²) in [6.07, 6.45) is -1.89. The van der Waals surface area contributed by atoms with Crippen molar-refractivity contribution in [1.82, 2.24) is 46.0 Å². The van der Waals surface area contributed by atoms with Gasteiger partial charge in [0.2, 0.25) is 5.91 Å². The fourth-order valence-electron chi connectivity index (χ4n) is 10.0. The van der Waals surface area contributed by atoms with Crippen molar-refractivity contribution in [3.8, 4) is 23.1 Å². The predicted molar refractivity (Wildman–Crippen MR) is 276 cm³/mol. The number of rotatable bonds is 18. The lowest BCUT2D eigenvalue weighted by atomic mass is 9.82. The van der Waals surface area contributed by atoms with Crippen LogP contribution in [0.3, 0.4) is 0 Å². The third kappa shape index (κ3) is 13.5. The molecule has 1 aliphatic carbocycles. The third-order valence-corrected chi connectivity index (χ3v) is 14.9. The maximum Gasteiger partial charge on any atom is 0.407 e. The molecule has 2 unspecified atom stereocenters. The Morgan fingerprint density at radius 2 is 1.38 bits per heavy atom. The van der Waals surface area contributed by atoms with Crippen LogP contribution in [-0.4, -0.2) is 149 Å². The van der Waals surface area contributed by atoms with E-state index in [0.29, 0.717) is 54.4 Å². The van der Waals surface area contributed by atoms with Crippen molar-refractivity contribution in [2.24, 2.45) is 10.8 Å². The predicted octanol–water partition coefficient (Wildman–Crippen LogP) is 6.02. The van der Waals surface area contributed by atoms with Crippen LogP contribution < -0.4 is 26.3 Å². The van der Waals surface area contributed by atoms with Gasteiger partial charge in [-0.15, -0.1) is 0 Å². The first-order chi connectivity index (χ1) is 36.9. The lowest BCUT2D eigenvalue weighted by molar-refractivity contribution is -0.220. The molecule has 2 aromatic heterocycles. The van der Waals surface area contributed by atoms with Crippen LogP contribution in [0.15, 0.2) is 67.0 Å². The quantitative estimate of drug-likeness (QED) is 0.0441. The minimum Gasteiger partial charge on any atom is -0.453 e. The van der Waals surface area contributed by atoms with Gasteiger partial charge in [-0.1, -0.05) is 44.7 Å². The molecule has 0 radical (unpaired) electrons. The van der Waals surface area contributed by atoms with Crippen LogP contribution in [0.4, 0.5) is 37.4 Å². The number of ether oxygens (including phenoxy) is 3. The van der Waals surface area contributed by atoms with Crippen LogP contribution >= 0.6 is 0 Å². The van der Waals surface area contributed by atoms with Gasteiger partial charge in [-0.25, -0.2) is 28.4 Å².